The molecule has 3 nitrogen and oxygen atoms in total. The van der Waals surface area contributed by atoms with Gasteiger partial charge in [0, 0.05) is 28.0 Å². The molecule has 1 aliphatic carbocycles. The van der Waals surface area contributed by atoms with Crippen LogP contribution in [-0.4, -0.2) is 0 Å². The lowest BCUT2D eigenvalue weighted by atomic mass is 9.82. The molecule has 9 aromatic rings. The highest BCUT2D eigenvalue weighted by atomic mass is 16.6. The highest BCUT2D eigenvalue weighted by Gasteiger charge is 2.37. The fourth-order valence-electron chi connectivity index (χ4n) is 8.98. The topological polar surface area (TPSA) is 21.7 Å². The van der Waals surface area contributed by atoms with E-state index in [1.165, 1.54) is 55.6 Å². The van der Waals surface area contributed by atoms with Crippen LogP contribution in [0.3, 0.4) is 0 Å². The van der Waals surface area contributed by atoms with E-state index in [1.807, 2.05) is 12.1 Å². The van der Waals surface area contributed by atoms with Crippen molar-refractivity contribution < 1.29 is 9.47 Å². The van der Waals surface area contributed by atoms with Gasteiger partial charge in [-0.05, 0) is 116 Å². The standard InChI is InChI=1S/C57H41NO2/c1-57(2)51-18-10-9-16-49(51)50-36-54-55(37-52(50)57)60-56-48(17-11-19-53(56)59-54)44-28-34-47(35-29-44)58(45-30-24-42(25-31-45)39-14-7-4-8-15-39)46-32-26-43(27-33-46)41-22-20-40(21-23-41)38-12-5-3-6-13-38/h3-37H,1-2H3. The number of anilines is 3. The number of para-hydroxylation sites is 1. The molecule has 2 aliphatic rings. The molecule has 11 rings (SSSR count). The quantitative estimate of drug-likeness (QED) is 0.161. The first-order chi connectivity index (χ1) is 29.5. The summed E-state index contributed by atoms with van der Waals surface area (Å²) in [5, 5.41) is 0. The molecule has 0 spiro atoms. The molecule has 1 heterocycles. The van der Waals surface area contributed by atoms with Crippen LogP contribution in [0.1, 0.15) is 25.0 Å². The number of benzene rings is 9. The fraction of sp³-hybridized carbons (Fsp3) is 0.0526. The van der Waals surface area contributed by atoms with Gasteiger partial charge in [-0.25, -0.2) is 0 Å². The normalized spacial score (nSPS) is 12.9. The lowest BCUT2D eigenvalue weighted by molar-refractivity contribution is 0.360. The average Bonchev–Trinajstić information content (AvgIpc) is 3.53. The van der Waals surface area contributed by atoms with E-state index in [2.05, 4.69) is 219 Å². The van der Waals surface area contributed by atoms with E-state index in [-0.39, 0.29) is 5.41 Å². The van der Waals surface area contributed by atoms with E-state index in [1.54, 1.807) is 0 Å². The zero-order chi connectivity index (χ0) is 40.2. The van der Waals surface area contributed by atoms with Crippen molar-refractivity contribution >= 4 is 17.1 Å². The molecular formula is C57H41NO2. The Morgan fingerprint density at radius 1 is 0.317 bits per heavy atom. The Balaban J connectivity index is 0.921. The first-order valence-electron chi connectivity index (χ1n) is 20.6. The largest absolute Gasteiger partial charge is 0.449 e. The van der Waals surface area contributed by atoms with Crippen LogP contribution in [-0.2, 0) is 5.41 Å². The summed E-state index contributed by atoms with van der Waals surface area (Å²) in [4.78, 5) is 2.32. The molecule has 0 N–H and O–H groups in total. The summed E-state index contributed by atoms with van der Waals surface area (Å²) in [7, 11) is 0. The number of ether oxygens (including phenoxy) is 2. The summed E-state index contributed by atoms with van der Waals surface area (Å²) in [6.07, 6.45) is 0. The molecule has 0 aromatic heterocycles. The van der Waals surface area contributed by atoms with Crippen molar-refractivity contribution in [3.8, 4) is 78.6 Å². The van der Waals surface area contributed by atoms with Gasteiger partial charge in [0.05, 0.1) is 0 Å². The van der Waals surface area contributed by atoms with Gasteiger partial charge in [-0.1, -0.05) is 172 Å². The Kier molecular flexibility index (Phi) is 8.49. The zero-order valence-electron chi connectivity index (χ0n) is 33.5. The summed E-state index contributed by atoms with van der Waals surface area (Å²) in [5.41, 5.74) is 17.3. The van der Waals surface area contributed by atoms with Gasteiger partial charge >= 0.3 is 0 Å². The van der Waals surface area contributed by atoms with Crippen molar-refractivity contribution in [1.29, 1.82) is 0 Å². The molecule has 0 saturated heterocycles. The molecule has 1 aliphatic heterocycles. The first kappa shape index (κ1) is 35.5. The zero-order valence-corrected chi connectivity index (χ0v) is 33.5. The maximum atomic E-state index is 6.79. The predicted octanol–water partition coefficient (Wildman–Crippen LogP) is 16.0. The van der Waals surface area contributed by atoms with Crippen molar-refractivity contribution in [2.45, 2.75) is 19.3 Å². The first-order valence-corrected chi connectivity index (χ1v) is 20.6. The molecule has 0 atom stereocenters. The van der Waals surface area contributed by atoms with Crippen LogP contribution in [0.5, 0.6) is 23.0 Å². The SMILES string of the molecule is CC1(C)c2ccccc2-c2cc3c(cc21)Oc1c(cccc1-c1ccc(N(c2ccc(-c4ccccc4)cc2)c2ccc(-c4ccc(-c5ccccc5)cc4)cc2)cc1)O3. The second-order valence-electron chi connectivity index (χ2n) is 16.1. The second kappa shape index (κ2) is 14.3. The van der Waals surface area contributed by atoms with Gasteiger partial charge in [0.2, 0.25) is 0 Å². The van der Waals surface area contributed by atoms with E-state index in [0.717, 1.165) is 45.4 Å². The van der Waals surface area contributed by atoms with Crippen molar-refractivity contribution in [2.75, 3.05) is 4.90 Å². The number of fused-ring (bicyclic) bond motifs is 5. The van der Waals surface area contributed by atoms with Crippen LogP contribution in [0.2, 0.25) is 0 Å². The van der Waals surface area contributed by atoms with Gasteiger partial charge < -0.3 is 14.4 Å². The molecule has 9 aromatic carbocycles. The minimum absolute atomic E-state index is 0.137. The lowest BCUT2D eigenvalue weighted by Gasteiger charge is -2.27. The van der Waals surface area contributed by atoms with Crippen molar-refractivity contribution in [3.63, 3.8) is 0 Å². The maximum Gasteiger partial charge on any atom is 0.177 e. The molecule has 0 amide bonds. The van der Waals surface area contributed by atoms with E-state index < -0.39 is 0 Å². The summed E-state index contributed by atoms with van der Waals surface area (Å²) < 4.78 is 13.4. The summed E-state index contributed by atoms with van der Waals surface area (Å²) in [5.74, 6) is 2.92. The van der Waals surface area contributed by atoms with E-state index in [0.29, 0.717) is 5.75 Å². The predicted molar refractivity (Wildman–Crippen MR) is 247 cm³/mol. The molecule has 0 fully saturated rings. The Morgan fingerprint density at radius 3 is 1.30 bits per heavy atom. The Labute approximate surface area is 351 Å². The second-order valence-corrected chi connectivity index (χ2v) is 16.1. The van der Waals surface area contributed by atoms with Crippen LogP contribution >= 0.6 is 0 Å². The Bertz CT molecular complexity index is 3010. The van der Waals surface area contributed by atoms with E-state index in [4.69, 9.17) is 9.47 Å². The van der Waals surface area contributed by atoms with Crippen LogP contribution in [0.15, 0.2) is 212 Å². The van der Waals surface area contributed by atoms with Crippen LogP contribution < -0.4 is 14.4 Å². The molecule has 286 valence electrons. The van der Waals surface area contributed by atoms with Crippen molar-refractivity contribution in [3.05, 3.63) is 223 Å². The summed E-state index contributed by atoms with van der Waals surface area (Å²) in [6, 6.07) is 75.4. The minimum atomic E-state index is -0.137. The van der Waals surface area contributed by atoms with Crippen LogP contribution in [0.25, 0.3) is 55.6 Å². The minimum Gasteiger partial charge on any atom is -0.449 e. The number of rotatable bonds is 7. The summed E-state index contributed by atoms with van der Waals surface area (Å²) in [6.45, 7) is 4.57. The number of nitrogens with zero attached hydrogens (tertiary/aromatic N) is 1. The average molecular weight is 772 g/mol. The lowest BCUT2D eigenvalue weighted by Crippen LogP contribution is -2.15. The van der Waals surface area contributed by atoms with Gasteiger partial charge in [0.25, 0.3) is 0 Å². The van der Waals surface area contributed by atoms with E-state index in [9.17, 15) is 0 Å². The Hall–Kier alpha value is -7.62. The molecule has 60 heavy (non-hydrogen) atoms. The van der Waals surface area contributed by atoms with Crippen molar-refractivity contribution in [2.24, 2.45) is 0 Å². The monoisotopic (exact) mass is 771 g/mol. The van der Waals surface area contributed by atoms with Crippen LogP contribution in [0, 0.1) is 0 Å². The smallest absolute Gasteiger partial charge is 0.177 e. The summed E-state index contributed by atoms with van der Waals surface area (Å²) >= 11 is 0. The third-order valence-electron chi connectivity index (χ3n) is 12.2. The highest BCUT2D eigenvalue weighted by molar-refractivity contribution is 5.86. The number of hydrogen-bond donors (Lipinski definition) is 0. The molecule has 0 saturated carbocycles. The third kappa shape index (κ3) is 6.15. The molecular weight excluding hydrogens is 731 g/mol. The molecule has 0 bridgehead atoms. The van der Waals surface area contributed by atoms with Crippen LogP contribution in [0.4, 0.5) is 17.1 Å². The molecule has 0 radical (unpaired) electrons. The van der Waals surface area contributed by atoms with Crippen molar-refractivity contribution in [1.82, 2.24) is 0 Å². The van der Waals surface area contributed by atoms with Gasteiger partial charge in [-0.2, -0.15) is 0 Å². The maximum absolute atomic E-state index is 6.79. The van der Waals surface area contributed by atoms with Gasteiger partial charge in [0.15, 0.2) is 23.0 Å². The molecule has 0 unspecified atom stereocenters. The Morgan fingerprint density at radius 2 is 0.750 bits per heavy atom. The highest BCUT2D eigenvalue weighted by Crippen LogP contribution is 2.56. The van der Waals surface area contributed by atoms with Gasteiger partial charge in [0.1, 0.15) is 0 Å². The third-order valence-corrected chi connectivity index (χ3v) is 12.2. The van der Waals surface area contributed by atoms with E-state index >= 15 is 0 Å². The van der Waals surface area contributed by atoms with Gasteiger partial charge in [-0.15, -0.1) is 0 Å². The van der Waals surface area contributed by atoms with Gasteiger partial charge in [-0.3, -0.25) is 0 Å². The fourth-order valence-corrected chi connectivity index (χ4v) is 8.98. The molecule has 3 heteroatoms. The number of hydrogen-bond acceptors (Lipinski definition) is 3.